The van der Waals surface area contributed by atoms with Crippen LogP contribution in [0.15, 0.2) is 12.8 Å². The maximum Gasteiger partial charge on any atom is 0.471 e. The highest BCUT2D eigenvalue weighted by Gasteiger charge is 2.39. The summed E-state index contributed by atoms with van der Waals surface area (Å²) >= 11 is 0. The van der Waals surface area contributed by atoms with Crippen LogP contribution in [0.3, 0.4) is 0 Å². The normalized spacial score (nSPS) is 11.0. The van der Waals surface area contributed by atoms with Crippen LogP contribution in [0, 0.1) is 0 Å². The number of carboxylic acid groups (broad SMARTS) is 1. The lowest BCUT2D eigenvalue weighted by molar-refractivity contribution is -0.167. The third-order valence-electron chi connectivity index (χ3n) is 1.69. The Morgan fingerprint density at radius 1 is 1.53 bits per heavy atom. The molecule has 0 aromatic carbocycles. The predicted octanol–water partition coefficient (Wildman–Crippen LogP) is 1.18. The fourth-order valence-electron chi connectivity index (χ4n) is 0.960. The van der Waals surface area contributed by atoms with Crippen LogP contribution in [0.1, 0.15) is 10.4 Å². The number of halogens is 3. The smallest absolute Gasteiger partial charge is 0.471 e. The molecule has 0 saturated heterocycles. The average Bonchev–Trinajstić information content (AvgIpc) is 2.59. The Balaban J connectivity index is 3.12. The molecule has 0 fully saturated rings. The quantitative estimate of drug-likeness (QED) is 0.842. The highest BCUT2D eigenvalue weighted by atomic mass is 19.4. The summed E-state index contributed by atoms with van der Waals surface area (Å²) in [5.74, 6) is -4.41. The second-order valence-corrected chi connectivity index (χ2v) is 2.79. The van der Waals surface area contributed by atoms with E-state index in [0.717, 1.165) is 12.4 Å². The van der Waals surface area contributed by atoms with Gasteiger partial charge in [-0.05, 0) is 0 Å². The number of carboxylic acids is 1. The van der Waals surface area contributed by atoms with E-state index < -0.39 is 29.4 Å². The highest BCUT2D eigenvalue weighted by molar-refractivity contribution is 6.01. The summed E-state index contributed by atoms with van der Waals surface area (Å²) in [6.45, 7) is 3.21. The van der Waals surface area contributed by atoms with Crippen molar-refractivity contribution < 1.29 is 27.9 Å². The number of nitrogens with zero attached hydrogens (tertiary/aromatic N) is 2. The molecular weight excluding hydrogens is 243 g/mol. The fraction of sp³-hybridized carbons (Fsp3) is 0.125. The van der Waals surface area contributed by atoms with Gasteiger partial charge in [-0.1, -0.05) is 6.58 Å². The van der Waals surface area contributed by atoms with E-state index in [4.69, 9.17) is 5.11 Å². The van der Waals surface area contributed by atoms with Gasteiger partial charge in [0.15, 0.2) is 5.82 Å². The lowest BCUT2D eigenvalue weighted by Gasteiger charge is -2.08. The molecule has 0 bridgehead atoms. The third-order valence-corrected chi connectivity index (χ3v) is 1.69. The molecule has 1 aromatic heterocycles. The summed E-state index contributed by atoms with van der Waals surface area (Å²) in [7, 11) is 0. The van der Waals surface area contributed by atoms with E-state index in [1.54, 1.807) is 0 Å². The summed E-state index contributed by atoms with van der Waals surface area (Å²) < 4.78 is 36.7. The van der Waals surface area contributed by atoms with E-state index in [9.17, 15) is 22.8 Å². The van der Waals surface area contributed by atoms with Crippen LogP contribution in [0.2, 0.25) is 0 Å². The van der Waals surface area contributed by atoms with Gasteiger partial charge in [-0.15, -0.1) is 0 Å². The Kier molecular flexibility index (Phi) is 3.21. The molecule has 92 valence electrons. The van der Waals surface area contributed by atoms with Crippen molar-refractivity contribution in [2.24, 2.45) is 0 Å². The highest BCUT2D eigenvalue weighted by Crippen LogP contribution is 2.21. The van der Waals surface area contributed by atoms with Crippen LogP contribution in [-0.4, -0.2) is 32.9 Å². The minimum atomic E-state index is -5.12. The lowest BCUT2D eigenvalue weighted by Crippen LogP contribution is -2.31. The molecule has 17 heavy (non-hydrogen) atoms. The maximum absolute atomic E-state index is 12.0. The van der Waals surface area contributed by atoms with Gasteiger partial charge >= 0.3 is 18.1 Å². The van der Waals surface area contributed by atoms with Crippen LogP contribution in [-0.2, 0) is 4.79 Å². The maximum atomic E-state index is 12.0. The monoisotopic (exact) mass is 249 g/mol. The Bertz CT molecular complexity index is 478. The predicted molar refractivity (Wildman–Crippen MR) is 50.3 cm³/mol. The van der Waals surface area contributed by atoms with E-state index in [1.165, 1.54) is 5.32 Å². The van der Waals surface area contributed by atoms with Crippen molar-refractivity contribution in [1.82, 2.24) is 9.78 Å². The van der Waals surface area contributed by atoms with Crippen LogP contribution in [0.5, 0.6) is 0 Å². The van der Waals surface area contributed by atoms with Crippen LogP contribution in [0.25, 0.3) is 6.20 Å². The van der Waals surface area contributed by atoms with Gasteiger partial charge < -0.3 is 10.4 Å². The first-order valence-electron chi connectivity index (χ1n) is 4.09. The van der Waals surface area contributed by atoms with Crippen molar-refractivity contribution in [2.75, 3.05) is 5.32 Å². The van der Waals surface area contributed by atoms with Gasteiger partial charge in [-0.3, -0.25) is 4.79 Å². The Hall–Kier alpha value is -2.32. The Labute approximate surface area is 92.3 Å². The lowest BCUT2D eigenvalue weighted by atomic mass is 10.3. The zero-order valence-electron chi connectivity index (χ0n) is 8.15. The minimum Gasteiger partial charge on any atom is -0.477 e. The van der Waals surface area contributed by atoms with Crippen molar-refractivity contribution in [2.45, 2.75) is 6.18 Å². The Morgan fingerprint density at radius 2 is 2.12 bits per heavy atom. The van der Waals surface area contributed by atoms with Gasteiger partial charge in [-0.25, -0.2) is 9.48 Å². The molecule has 6 nitrogen and oxygen atoms in total. The van der Waals surface area contributed by atoms with Crippen molar-refractivity contribution in [3.05, 3.63) is 18.3 Å². The molecule has 9 heteroatoms. The van der Waals surface area contributed by atoms with Crippen molar-refractivity contribution >= 4 is 23.9 Å². The van der Waals surface area contributed by atoms with Crippen LogP contribution >= 0.6 is 0 Å². The minimum absolute atomic E-state index is 0.567. The second kappa shape index (κ2) is 4.28. The third kappa shape index (κ3) is 2.62. The standard InChI is InChI=1S/C8H6F3N3O3/c1-2-14-5(4(3-12-14)6(15)16)13-7(17)8(9,10)11/h2-3H,1H2,(H,13,17)(H,15,16). The topological polar surface area (TPSA) is 84.2 Å². The van der Waals surface area contributed by atoms with E-state index in [0.29, 0.717) is 4.68 Å². The molecule has 0 saturated carbocycles. The number of nitrogens with one attached hydrogen (secondary N) is 1. The second-order valence-electron chi connectivity index (χ2n) is 2.79. The van der Waals surface area contributed by atoms with E-state index in [-0.39, 0.29) is 0 Å². The van der Waals surface area contributed by atoms with E-state index in [2.05, 4.69) is 11.7 Å². The van der Waals surface area contributed by atoms with Crippen LogP contribution < -0.4 is 5.32 Å². The average molecular weight is 249 g/mol. The number of carbonyl (C=O) groups is 2. The molecule has 2 N–H and O–H groups in total. The van der Waals surface area contributed by atoms with Crippen LogP contribution in [0.4, 0.5) is 19.0 Å². The summed E-state index contributed by atoms with van der Waals surface area (Å²) in [5.41, 5.74) is -0.567. The van der Waals surface area contributed by atoms with E-state index >= 15 is 0 Å². The largest absolute Gasteiger partial charge is 0.477 e. The van der Waals surface area contributed by atoms with Gasteiger partial charge in [0.2, 0.25) is 0 Å². The van der Waals surface area contributed by atoms with E-state index in [1.807, 2.05) is 0 Å². The molecule has 0 aliphatic heterocycles. The van der Waals surface area contributed by atoms with Crippen molar-refractivity contribution in [3.8, 4) is 0 Å². The zero-order chi connectivity index (χ0) is 13.2. The number of rotatable bonds is 3. The molecule has 1 heterocycles. The van der Waals surface area contributed by atoms with Gasteiger partial charge in [-0.2, -0.15) is 18.3 Å². The summed E-state index contributed by atoms with van der Waals surface area (Å²) in [6.07, 6.45) is -3.36. The van der Waals surface area contributed by atoms with Gasteiger partial charge in [0.05, 0.1) is 6.20 Å². The van der Waals surface area contributed by atoms with Crippen molar-refractivity contribution in [1.29, 1.82) is 0 Å². The first-order chi connectivity index (χ1) is 7.77. The number of alkyl halides is 3. The van der Waals surface area contributed by atoms with Crippen molar-refractivity contribution in [3.63, 3.8) is 0 Å². The van der Waals surface area contributed by atoms with Gasteiger partial charge in [0.25, 0.3) is 0 Å². The fourth-order valence-corrected chi connectivity index (χ4v) is 0.960. The molecule has 0 unspecified atom stereocenters. The summed E-state index contributed by atoms with van der Waals surface area (Å²) in [6, 6.07) is 0. The first kappa shape index (κ1) is 12.7. The molecule has 0 radical (unpaired) electrons. The first-order valence-corrected chi connectivity index (χ1v) is 4.09. The number of anilines is 1. The number of aromatic nitrogens is 2. The summed E-state index contributed by atoms with van der Waals surface area (Å²) in [4.78, 5) is 21.3. The Morgan fingerprint density at radius 3 is 2.53 bits per heavy atom. The molecule has 0 aliphatic rings. The molecule has 0 aliphatic carbocycles. The molecule has 0 spiro atoms. The molecule has 0 atom stereocenters. The van der Waals surface area contributed by atoms with Gasteiger partial charge in [0.1, 0.15) is 5.56 Å². The molecule has 1 aromatic rings. The molecule has 1 rings (SSSR count). The zero-order valence-corrected chi connectivity index (χ0v) is 8.15. The number of carbonyl (C=O) groups excluding carboxylic acids is 1. The van der Waals surface area contributed by atoms with Gasteiger partial charge in [0, 0.05) is 6.20 Å². The number of hydrogen-bond donors (Lipinski definition) is 2. The molecule has 1 amide bonds. The number of amides is 1. The molecular formula is C8H6F3N3O3. The summed E-state index contributed by atoms with van der Waals surface area (Å²) in [5, 5.41) is 13.5. The number of aromatic carboxylic acids is 1. The number of hydrogen-bond acceptors (Lipinski definition) is 3. The SMILES string of the molecule is C=Cn1ncc(C(=O)O)c1NC(=O)C(F)(F)F.